The number of rotatable bonds is 9. The van der Waals surface area contributed by atoms with E-state index in [4.69, 9.17) is 4.98 Å². The summed E-state index contributed by atoms with van der Waals surface area (Å²) in [5, 5.41) is 0. The van der Waals surface area contributed by atoms with E-state index < -0.39 is 0 Å². The summed E-state index contributed by atoms with van der Waals surface area (Å²) in [4.78, 5) is 4.71. The fourth-order valence-corrected chi connectivity index (χ4v) is 4.18. The van der Waals surface area contributed by atoms with E-state index >= 15 is 0 Å². The first-order valence-corrected chi connectivity index (χ1v) is 8.82. The zero-order valence-corrected chi connectivity index (χ0v) is 13.7. The molecule has 0 aliphatic rings. The molecule has 2 nitrogen and oxygen atoms in total. The van der Waals surface area contributed by atoms with E-state index in [0.717, 1.165) is 29.4 Å². The summed E-state index contributed by atoms with van der Waals surface area (Å²) in [6.07, 6.45) is 6.73. The Morgan fingerprint density at radius 1 is 1.30 bits per heavy atom. The molecule has 0 bridgehead atoms. The largest absolute Gasteiger partial charge is 0.244 e. The van der Waals surface area contributed by atoms with Gasteiger partial charge in [0.05, 0.1) is 10.2 Å². The molecule has 0 amide bonds. The molecule has 1 aromatic heterocycles. The molecule has 0 fully saturated rings. The minimum Gasteiger partial charge on any atom is -0.244 e. The van der Waals surface area contributed by atoms with Crippen molar-refractivity contribution < 1.29 is 0 Å². The van der Waals surface area contributed by atoms with Gasteiger partial charge in [0.2, 0.25) is 0 Å². The van der Waals surface area contributed by atoms with E-state index in [-0.39, 0.29) is 0 Å². The molecule has 20 heavy (non-hydrogen) atoms. The summed E-state index contributed by atoms with van der Waals surface area (Å²) in [7, 11) is 0. The van der Waals surface area contributed by atoms with E-state index in [0.29, 0.717) is 0 Å². The number of thiazole rings is 1. The van der Waals surface area contributed by atoms with Crippen LogP contribution in [0.25, 0.3) is 10.2 Å². The lowest BCUT2D eigenvalue weighted by Crippen LogP contribution is -2.18. The summed E-state index contributed by atoms with van der Waals surface area (Å²) < 4.78 is 4.88. The monoisotopic (exact) mass is 306 g/mol. The second-order valence-corrected chi connectivity index (χ2v) is 7.13. The summed E-state index contributed by atoms with van der Waals surface area (Å²) in [6, 6.07) is 8.36. The number of aromatic nitrogens is 1. The molecule has 108 valence electrons. The summed E-state index contributed by atoms with van der Waals surface area (Å²) >= 11 is 3.60. The Morgan fingerprint density at radius 2 is 2.10 bits per heavy atom. The van der Waals surface area contributed by atoms with Gasteiger partial charge in [-0.3, -0.25) is 0 Å². The highest BCUT2D eigenvalue weighted by atomic mass is 32.2. The number of benzene rings is 1. The molecule has 0 radical (unpaired) electrons. The predicted molar refractivity (Wildman–Crippen MR) is 91.4 cm³/mol. The molecule has 0 atom stereocenters. The van der Waals surface area contributed by atoms with E-state index in [1.54, 1.807) is 11.3 Å². The van der Waals surface area contributed by atoms with Crippen LogP contribution >= 0.6 is 23.3 Å². The molecule has 1 aromatic carbocycles. The minimum absolute atomic E-state index is 1.09. The average molecular weight is 307 g/mol. The van der Waals surface area contributed by atoms with Crippen molar-refractivity contribution in [3.63, 3.8) is 0 Å². The Morgan fingerprint density at radius 3 is 2.85 bits per heavy atom. The first-order chi connectivity index (χ1) is 9.83. The summed E-state index contributed by atoms with van der Waals surface area (Å²) in [5.41, 5.74) is 1.11. The Labute approximate surface area is 130 Å². The number of fused-ring (bicyclic) bond motifs is 1. The van der Waals surface area contributed by atoms with Crippen molar-refractivity contribution in [3.05, 3.63) is 36.9 Å². The van der Waals surface area contributed by atoms with Gasteiger partial charge in [-0.05, 0) is 43.3 Å². The van der Waals surface area contributed by atoms with Crippen LogP contribution in [0.3, 0.4) is 0 Å². The fourth-order valence-electron chi connectivity index (χ4n) is 1.95. The quantitative estimate of drug-likeness (QED) is 0.352. The van der Waals surface area contributed by atoms with Crippen LogP contribution in [0.4, 0.5) is 0 Å². The van der Waals surface area contributed by atoms with Gasteiger partial charge in [0.15, 0.2) is 4.34 Å². The molecule has 1 heterocycles. The maximum Gasteiger partial charge on any atom is 0.166 e. The number of nitrogens with zero attached hydrogens (tertiary/aromatic N) is 2. The van der Waals surface area contributed by atoms with Gasteiger partial charge < -0.3 is 0 Å². The molecular formula is C16H22N2S2. The normalized spacial score (nSPS) is 11.3. The predicted octanol–water partition coefficient (Wildman–Crippen LogP) is 5.37. The lowest BCUT2D eigenvalue weighted by Gasteiger charge is -2.18. The van der Waals surface area contributed by atoms with E-state index in [9.17, 15) is 0 Å². The van der Waals surface area contributed by atoms with Gasteiger partial charge in [-0.25, -0.2) is 9.29 Å². The van der Waals surface area contributed by atoms with Crippen molar-refractivity contribution in [3.8, 4) is 0 Å². The highest BCUT2D eigenvalue weighted by Crippen LogP contribution is 2.31. The van der Waals surface area contributed by atoms with Crippen molar-refractivity contribution in [2.45, 2.75) is 36.9 Å². The second kappa shape index (κ2) is 8.45. The Kier molecular flexibility index (Phi) is 6.57. The number of hydrogen-bond donors (Lipinski definition) is 0. The third-order valence-corrected chi connectivity index (χ3v) is 5.23. The van der Waals surface area contributed by atoms with Crippen molar-refractivity contribution in [1.82, 2.24) is 9.29 Å². The van der Waals surface area contributed by atoms with Gasteiger partial charge in [-0.1, -0.05) is 31.6 Å². The number of unbranched alkanes of at least 4 members (excludes halogenated alkanes) is 2. The molecule has 0 saturated heterocycles. The van der Waals surface area contributed by atoms with Crippen LogP contribution in [0, 0.1) is 0 Å². The second-order valence-electron chi connectivity index (χ2n) is 4.75. The standard InChI is InChI=1S/C16H22N2S2/c1-3-5-9-13-18(12-6-4-2)20-16-17-14-10-7-8-11-15(14)19-16/h3,7-8,10-11H,1,4-6,9,12-13H2,2H3. The van der Waals surface area contributed by atoms with Gasteiger partial charge in [0.1, 0.15) is 0 Å². The Balaban J connectivity index is 1.99. The molecule has 0 unspecified atom stereocenters. The van der Waals surface area contributed by atoms with Gasteiger partial charge in [-0.15, -0.1) is 17.9 Å². The van der Waals surface area contributed by atoms with Gasteiger partial charge in [-0.2, -0.15) is 0 Å². The third-order valence-electron chi connectivity index (χ3n) is 3.06. The van der Waals surface area contributed by atoms with Crippen LogP contribution in [0.2, 0.25) is 0 Å². The van der Waals surface area contributed by atoms with Crippen LogP contribution in [0.5, 0.6) is 0 Å². The number of allylic oxidation sites excluding steroid dienone is 1. The van der Waals surface area contributed by atoms with Gasteiger partial charge in [0, 0.05) is 13.1 Å². The highest BCUT2D eigenvalue weighted by molar-refractivity contribution is 7.98. The van der Waals surface area contributed by atoms with Crippen molar-refractivity contribution in [2.24, 2.45) is 0 Å². The van der Waals surface area contributed by atoms with E-state index in [1.807, 2.05) is 18.0 Å². The zero-order chi connectivity index (χ0) is 14.2. The Bertz CT molecular complexity index is 503. The van der Waals surface area contributed by atoms with Crippen LogP contribution in [-0.4, -0.2) is 22.4 Å². The van der Waals surface area contributed by atoms with E-state index in [1.165, 1.54) is 24.0 Å². The maximum absolute atomic E-state index is 4.71. The van der Waals surface area contributed by atoms with E-state index in [2.05, 4.69) is 42.1 Å². The average Bonchev–Trinajstić information content (AvgIpc) is 2.87. The first-order valence-electron chi connectivity index (χ1n) is 7.23. The number of hydrogen-bond acceptors (Lipinski definition) is 4. The van der Waals surface area contributed by atoms with Gasteiger partial charge >= 0.3 is 0 Å². The highest BCUT2D eigenvalue weighted by Gasteiger charge is 2.10. The Hall–Kier alpha value is -0.840. The maximum atomic E-state index is 4.71. The minimum atomic E-state index is 1.09. The van der Waals surface area contributed by atoms with Gasteiger partial charge in [0.25, 0.3) is 0 Å². The zero-order valence-electron chi connectivity index (χ0n) is 12.0. The third kappa shape index (κ3) is 4.62. The van der Waals surface area contributed by atoms with Crippen molar-refractivity contribution in [2.75, 3.05) is 13.1 Å². The SMILES string of the molecule is C=CCCCN(CCCC)Sc1nc2ccccc2s1. The lowest BCUT2D eigenvalue weighted by molar-refractivity contribution is 0.448. The summed E-state index contributed by atoms with van der Waals surface area (Å²) in [6.45, 7) is 8.27. The lowest BCUT2D eigenvalue weighted by atomic mass is 10.3. The molecule has 0 spiro atoms. The molecule has 0 aliphatic heterocycles. The van der Waals surface area contributed by atoms with Crippen molar-refractivity contribution in [1.29, 1.82) is 0 Å². The topological polar surface area (TPSA) is 16.1 Å². The molecule has 2 rings (SSSR count). The fraction of sp³-hybridized carbons (Fsp3) is 0.438. The molecule has 0 saturated carbocycles. The van der Waals surface area contributed by atoms with Crippen LogP contribution in [0.1, 0.15) is 32.6 Å². The van der Waals surface area contributed by atoms with Crippen LogP contribution in [-0.2, 0) is 0 Å². The number of para-hydroxylation sites is 1. The molecule has 2 aromatic rings. The molecule has 4 heteroatoms. The molecular weight excluding hydrogens is 284 g/mol. The smallest absolute Gasteiger partial charge is 0.166 e. The van der Waals surface area contributed by atoms with Crippen LogP contribution in [0.15, 0.2) is 41.3 Å². The molecule has 0 aliphatic carbocycles. The molecule has 0 N–H and O–H groups in total. The van der Waals surface area contributed by atoms with Crippen LogP contribution < -0.4 is 0 Å². The van der Waals surface area contributed by atoms with Crippen molar-refractivity contribution >= 4 is 33.5 Å². The first kappa shape index (κ1) is 15.5. The summed E-state index contributed by atoms with van der Waals surface area (Å²) in [5.74, 6) is 0.